The van der Waals surface area contributed by atoms with E-state index in [0.29, 0.717) is 16.1 Å². The van der Waals surface area contributed by atoms with Crippen LogP contribution in [-0.4, -0.2) is 22.2 Å². The van der Waals surface area contributed by atoms with Crippen molar-refractivity contribution < 1.29 is 4.79 Å². The number of aromatic nitrogens is 1. The lowest BCUT2D eigenvalue weighted by molar-refractivity contribution is 0.104. The molecule has 1 aliphatic rings. The summed E-state index contributed by atoms with van der Waals surface area (Å²) in [5.74, 6) is -0.0285. The summed E-state index contributed by atoms with van der Waals surface area (Å²) in [7, 11) is 0. The molecule has 0 unspecified atom stereocenters. The number of hydrogen-bond donors (Lipinski definition) is 1. The Morgan fingerprint density at radius 2 is 1.90 bits per heavy atom. The Bertz CT molecular complexity index is 1230. The molecule has 0 spiro atoms. The summed E-state index contributed by atoms with van der Waals surface area (Å²) >= 11 is 1.41. The van der Waals surface area contributed by atoms with E-state index in [1.54, 1.807) is 0 Å². The van der Waals surface area contributed by atoms with Gasteiger partial charge < -0.3 is 5.73 Å². The Labute approximate surface area is 180 Å². The van der Waals surface area contributed by atoms with Gasteiger partial charge in [-0.15, -0.1) is 11.3 Å². The zero-order valence-electron chi connectivity index (χ0n) is 16.9. The number of carbonyl (C=O) groups is 1. The molecule has 0 fully saturated rings. The molecule has 0 radical (unpaired) electrons. The van der Waals surface area contributed by atoms with Gasteiger partial charge in [0.2, 0.25) is 5.78 Å². The minimum Gasteiger partial charge on any atom is -0.397 e. The lowest BCUT2D eigenvalue weighted by Gasteiger charge is -2.28. The monoisotopic (exact) mass is 413 g/mol. The van der Waals surface area contributed by atoms with E-state index in [2.05, 4.69) is 35.2 Å². The van der Waals surface area contributed by atoms with Gasteiger partial charge in [0.1, 0.15) is 9.71 Å². The first kappa shape index (κ1) is 19.0. The van der Waals surface area contributed by atoms with E-state index in [4.69, 9.17) is 10.7 Å². The highest BCUT2D eigenvalue weighted by Crippen LogP contribution is 2.36. The van der Waals surface area contributed by atoms with Crippen molar-refractivity contribution in [3.05, 3.63) is 93.5 Å². The molecule has 2 aromatic heterocycles. The maximum atomic E-state index is 13.0. The van der Waals surface area contributed by atoms with E-state index in [1.807, 2.05) is 37.3 Å². The lowest BCUT2D eigenvalue weighted by atomic mass is 10.0. The van der Waals surface area contributed by atoms with E-state index in [-0.39, 0.29) is 5.78 Å². The number of nitrogens with zero attached hydrogens (tertiary/aromatic N) is 2. The molecule has 5 rings (SSSR count). The first-order chi connectivity index (χ1) is 14.6. The van der Waals surface area contributed by atoms with Crippen LogP contribution in [0.4, 0.5) is 5.69 Å². The van der Waals surface area contributed by atoms with Crippen molar-refractivity contribution in [3.8, 4) is 0 Å². The fourth-order valence-corrected chi connectivity index (χ4v) is 5.10. The van der Waals surface area contributed by atoms with Crippen LogP contribution in [0.1, 0.15) is 37.6 Å². The summed E-state index contributed by atoms with van der Waals surface area (Å²) in [6, 6.07) is 20.3. The minimum absolute atomic E-state index is 0.0285. The molecule has 150 valence electrons. The molecule has 0 bridgehead atoms. The highest BCUT2D eigenvalue weighted by Gasteiger charge is 2.23. The quantitative estimate of drug-likeness (QED) is 0.480. The molecule has 30 heavy (non-hydrogen) atoms. The van der Waals surface area contributed by atoms with Crippen molar-refractivity contribution in [1.82, 2.24) is 9.88 Å². The van der Waals surface area contributed by atoms with Gasteiger partial charge in [0.15, 0.2) is 0 Å². The van der Waals surface area contributed by atoms with Gasteiger partial charge in [0.25, 0.3) is 0 Å². The molecule has 0 aliphatic carbocycles. The van der Waals surface area contributed by atoms with E-state index in [1.165, 1.54) is 22.5 Å². The Balaban J connectivity index is 1.45. The zero-order valence-corrected chi connectivity index (χ0v) is 17.7. The van der Waals surface area contributed by atoms with Crippen molar-refractivity contribution >= 4 is 33.0 Å². The molecular formula is C25H23N3OS. The van der Waals surface area contributed by atoms with E-state index in [0.717, 1.165) is 47.5 Å². The van der Waals surface area contributed by atoms with Gasteiger partial charge in [-0.3, -0.25) is 9.69 Å². The second kappa shape index (κ2) is 7.67. The van der Waals surface area contributed by atoms with E-state index in [9.17, 15) is 4.79 Å². The number of aryl methyl sites for hydroxylation is 1. The highest BCUT2D eigenvalue weighted by molar-refractivity contribution is 7.21. The summed E-state index contributed by atoms with van der Waals surface area (Å²) in [6.07, 6.45) is 0.914. The standard InChI is InChI=1S/C25H23N3OS/c1-16-7-9-18(10-8-16)23(29)24-22(26)20-13-19-15-28(14-17-5-3-2-4-6-17)12-11-21(19)27-25(20)30-24/h2-10,13H,11-12,14-15,26H2,1H3. The summed E-state index contributed by atoms with van der Waals surface area (Å²) < 4.78 is 0. The van der Waals surface area contributed by atoms with Gasteiger partial charge in [0, 0.05) is 42.7 Å². The molecule has 2 aromatic carbocycles. The van der Waals surface area contributed by atoms with Crippen LogP contribution in [0.3, 0.4) is 0 Å². The molecule has 0 atom stereocenters. The van der Waals surface area contributed by atoms with E-state index < -0.39 is 0 Å². The first-order valence-corrected chi connectivity index (χ1v) is 11.0. The maximum Gasteiger partial charge on any atom is 0.205 e. The predicted molar refractivity (Wildman–Crippen MR) is 123 cm³/mol. The van der Waals surface area contributed by atoms with Crippen LogP contribution in [0, 0.1) is 6.92 Å². The van der Waals surface area contributed by atoms with Crippen LogP contribution in [0.25, 0.3) is 10.2 Å². The number of thiophene rings is 1. The van der Waals surface area contributed by atoms with Crippen molar-refractivity contribution in [2.45, 2.75) is 26.4 Å². The third-order valence-electron chi connectivity index (χ3n) is 5.72. The van der Waals surface area contributed by atoms with Gasteiger partial charge in [-0.2, -0.15) is 0 Å². The van der Waals surface area contributed by atoms with Crippen LogP contribution in [-0.2, 0) is 19.5 Å². The Hall–Kier alpha value is -3.02. The molecule has 5 heteroatoms. The van der Waals surface area contributed by atoms with Crippen molar-refractivity contribution in [3.63, 3.8) is 0 Å². The molecule has 1 aliphatic heterocycles. The molecule has 2 N–H and O–H groups in total. The normalized spacial score (nSPS) is 14.0. The number of benzene rings is 2. The van der Waals surface area contributed by atoms with Crippen molar-refractivity contribution in [2.24, 2.45) is 0 Å². The Morgan fingerprint density at radius 3 is 2.67 bits per heavy atom. The van der Waals surface area contributed by atoms with Crippen LogP contribution < -0.4 is 5.73 Å². The number of ketones is 1. The third kappa shape index (κ3) is 3.51. The third-order valence-corrected chi connectivity index (χ3v) is 6.83. The van der Waals surface area contributed by atoms with Gasteiger partial charge in [-0.1, -0.05) is 60.2 Å². The Kier molecular flexibility index (Phi) is 4.85. The Morgan fingerprint density at radius 1 is 1.13 bits per heavy atom. The summed E-state index contributed by atoms with van der Waals surface area (Å²) in [5.41, 5.74) is 12.4. The average Bonchev–Trinajstić information content (AvgIpc) is 3.08. The fourth-order valence-electron chi connectivity index (χ4n) is 4.04. The number of hydrogen-bond acceptors (Lipinski definition) is 5. The maximum absolute atomic E-state index is 13.0. The second-order valence-corrected chi connectivity index (χ2v) is 8.93. The SMILES string of the molecule is Cc1ccc(C(=O)c2sc3nc4c(cc3c2N)CN(Cc2ccccc2)CC4)cc1. The number of carbonyl (C=O) groups excluding carboxylic acids is 1. The molecule has 4 aromatic rings. The number of pyridine rings is 1. The second-order valence-electron chi connectivity index (χ2n) is 7.93. The number of rotatable bonds is 4. The molecular weight excluding hydrogens is 390 g/mol. The van der Waals surface area contributed by atoms with Crippen molar-refractivity contribution in [1.29, 1.82) is 0 Å². The molecule has 0 saturated carbocycles. The summed E-state index contributed by atoms with van der Waals surface area (Å²) in [4.78, 5) is 21.8. The molecule has 0 saturated heterocycles. The highest BCUT2D eigenvalue weighted by atomic mass is 32.1. The smallest absolute Gasteiger partial charge is 0.205 e. The topological polar surface area (TPSA) is 59.2 Å². The van der Waals surface area contributed by atoms with Gasteiger partial charge in [-0.25, -0.2) is 4.98 Å². The van der Waals surface area contributed by atoms with Gasteiger partial charge in [-0.05, 0) is 24.1 Å². The molecule has 0 amide bonds. The summed E-state index contributed by atoms with van der Waals surface area (Å²) in [6.45, 7) is 4.77. The minimum atomic E-state index is -0.0285. The predicted octanol–water partition coefficient (Wildman–Crippen LogP) is 4.98. The average molecular weight is 414 g/mol. The first-order valence-electron chi connectivity index (χ1n) is 10.2. The summed E-state index contributed by atoms with van der Waals surface area (Å²) in [5, 5.41) is 0.899. The lowest BCUT2D eigenvalue weighted by Crippen LogP contribution is -2.30. The van der Waals surface area contributed by atoms with Crippen LogP contribution in [0.2, 0.25) is 0 Å². The zero-order chi connectivity index (χ0) is 20.7. The van der Waals surface area contributed by atoms with E-state index >= 15 is 0 Å². The van der Waals surface area contributed by atoms with Crippen LogP contribution in [0.15, 0.2) is 60.7 Å². The number of nitrogens with two attached hydrogens (primary N) is 1. The number of fused-ring (bicyclic) bond motifs is 2. The van der Waals surface area contributed by atoms with Crippen molar-refractivity contribution in [2.75, 3.05) is 12.3 Å². The number of nitrogen functional groups attached to an aromatic ring is 1. The fraction of sp³-hybridized carbons (Fsp3) is 0.200. The number of anilines is 1. The molecule has 3 heterocycles. The van der Waals surface area contributed by atoms with Crippen LogP contribution in [0.5, 0.6) is 0 Å². The largest absolute Gasteiger partial charge is 0.397 e. The van der Waals surface area contributed by atoms with Gasteiger partial charge in [0.05, 0.1) is 5.69 Å². The van der Waals surface area contributed by atoms with Crippen LogP contribution >= 0.6 is 11.3 Å². The molecule has 4 nitrogen and oxygen atoms in total. The van der Waals surface area contributed by atoms with Gasteiger partial charge >= 0.3 is 0 Å².